The van der Waals surface area contributed by atoms with Gasteiger partial charge in [0.1, 0.15) is 11.6 Å². The van der Waals surface area contributed by atoms with E-state index in [1.165, 1.54) is 17.7 Å². The maximum absolute atomic E-state index is 13.1. The fourth-order valence-corrected chi connectivity index (χ4v) is 2.23. The van der Waals surface area contributed by atoms with Crippen LogP contribution in [0.3, 0.4) is 0 Å². The molecule has 0 atom stereocenters. The van der Waals surface area contributed by atoms with Crippen LogP contribution in [0.1, 0.15) is 35.7 Å². The average molecular weight is 351 g/mol. The van der Waals surface area contributed by atoms with Crippen molar-refractivity contribution < 1.29 is 13.9 Å². The van der Waals surface area contributed by atoms with Crippen molar-refractivity contribution in [3.05, 3.63) is 63.9 Å². The van der Waals surface area contributed by atoms with Gasteiger partial charge in [0, 0.05) is 11.6 Å². The second-order valence-corrected chi connectivity index (χ2v) is 5.92. The van der Waals surface area contributed by atoms with Crippen molar-refractivity contribution in [1.29, 1.82) is 0 Å². The molecule has 0 aliphatic heterocycles. The lowest BCUT2D eigenvalue weighted by Crippen LogP contribution is -2.12. The van der Waals surface area contributed by atoms with Crippen LogP contribution < -0.4 is 4.74 Å². The lowest BCUT2D eigenvalue weighted by Gasteiger charge is -2.09. The van der Waals surface area contributed by atoms with E-state index in [9.17, 15) is 9.18 Å². The smallest absolute Gasteiger partial charge is 0.200 e. The molecule has 0 saturated carbocycles. The quantitative estimate of drug-likeness (QED) is 0.711. The van der Waals surface area contributed by atoms with Crippen LogP contribution in [0.25, 0.3) is 0 Å². The van der Waals surface area contributed by atoms with Gasteiger partial charge in [-0.05, 0) is 39.5 Å². The molecule has 0 heterocycles. The van der Waals surface area contributed by atoms with Crippen LogP contribution in [0.4, 0.5) is 4.39 Å². The van der Waals surface area contributed by atoms with Crippen molar-refractivity contribution in [1.82, 2.24) is 0 Å². The molecule has 4 heteroatoms. The number of halogens is 2. The maximum atomic E-state index is 13.1. The van der Waals surface area contributed by atoms with Gasteiger partial charge in [0.2, 0.25) is 0 Å². The first kappa shape index (κ1) is 15.7. The molecule has 0 radical (unpaired) electrons. The Balaban J connectivity index is 2.03. The Bertz CT molecular complexity index is 636. The third-order valence-electron chi connectivity index (χ3n) is 3.15. The van der Waals surface area contributed by atoms with Gasteiger partial charge in [-0.25, -0.2) is 4.39 Å². The highest BCUT2D eigenvalue weighted by molar-refractivity contribution is 9.10. The van der Waals surface area contributed by atoms with Gasteiger partial charge in [0.15, 0.2) is 12.4 Å². The van der Waals surface area contributed by atoms with Crippen molar-refractivity contribution in [3.8, 4) is 5.75 Å². The highest BCUT2D eigenvalue weighted by Crippen LogP contribution is 2.25. The summed E-state index contributed by atoms with van der Waals surface area (Å²) in [4.78, 5) is 12.1. The number of carbonyl (C=O) groups is 1. The van der Waals surface area contributed by atoms with Crippen LogP contribution in [0, 0.1) is 5.82 Å². The molecule has 0 aliphatic carbocycles. The van der Waals surface area contributed by atoms with Crippen LogP contribution in [-0.2, 0) is 0 Å². The van der Waals surface area contributed by atoms with E-state index in [0.29, 0.717) is 21.7 Å². The summed E-state index contributed by atoms with van der Waals surface area (Å²) in [6.45, 7) is 4.08. The minimum absolute atomic E-state index is 0.122. The Morgan fingerprint density at radius 3 is 2.48 bits per heavy atom. The number of rotatable bonds is 5. The summed E-state index contributed by atoms with van der Waals surface area (Å²) in [7, 11) is 0. The van der Waals surface area contributed by atoms with Gasteiger partial charge in [0.05, 0.1) is 4.47 Å². The Morgan fingerprint density at radius 1 is 1.19 bits per heavy atom. The van der Waals surface area contributed by atoms with Crippen molar-refractivity contribution in [2.24, 2.45) is 0 Å². The van der Waals surface area contributed by atoms with Crippen LogP contribution in [0.2, 0.25) is 0 Å². The van der Waals surface area contributed by atoms with Crippen molar-refractivity contribution >= 4 is 21.7 Å². The Hall–Kier alpha value is -1.68. The molecule has 0 saturated heterocycles. The molecular formula is C17H16BrFO2. The van der Waals surface area contributed by atoms with E-state index in [-0.39, 0.29) is 12.4 Å². The zero-order valence-corrected chi connectivity index (χ0v) is 13.5. The second kappa shape index (κ2) is 6.85. The van der Waals surface area contributed by atoms with E-state index in [1.807, 2.05) is 12.1 Å². The fourth-order valence-electron chi connectivity index (χ4n) is 1.87. The molecule has 0 unspecified atom stereocenters. The summed E-state index contributed by atoms with van der Waals surface area (Å²) in [5.41, 5.74) is 1.77. The highest BCUT2D eigenvalue weighted by Gasteiger charge is 2.10. The average Bonchev–Trinajstić information content (AvgIpc) is 2.48. The number of carbonyl (C=O) groups excluding carboxylic acids is 1. The first-order valence-electron chi connectivity index (χ1n) is 6.68. The predicted octanol–water partition coefficient (Wildman–Crippen LogP) is 4.97. The molecule has 0 bridgehead atoms. The van der Waals surface area contributed by atoms with Gasteiger partial charge in [-0.2, -0.15) is 0 Å². The van der Waals surface area contributed by atoms with E-state index in [1.54, 1.807) is 18.2 Å². The van der Waals surface area contributed by atoms with Crippen molar-refractivity contribution in [3.63, 3.8) is 0 Å². The molecule has 0 aromatic heterocycles. The third kappa shape index (κ3) is 4.14. The summed E-state index contributed by atoms with van der Waals surface area (Å²) in [6.07, 6.45) is 0. The van der Waals surface area contributed by atoms with Gasteiger partial charge in [-0.3, -0.25) is 4.79 Å². The molecule has 2 aromatic carbocycles. The van der Waals surface area contributed by atoms with Gasteiger partial charge >= 0.3 is 0 Å². The summed E-state index contributed by atoms with van der Waals surface area (Å²) < 4.78 is 19.1. The van der Waals surface area contributed by atoms with E-state index >= 15 is 0 Å². The predicted molar refractivity (Wildman–Crippen MR) is 84.5 cm³/mol. The van der Waals surface area contributed by atoms with Crippen LogP contribution >= 0.6 is 15.9 Å². The number of hydrogen-bond donors (Lipinski definition) is 0. The minimum atomic E-state index is -0.401. The van der Waals surface area contributed by atoms with E-state index < -0.39 is 5.82 Å². The Kier molecular flexibility index (Phi) is 5.12. The zero-order valence-electron chi connectivity index (χ0n) is 11.9. The normalized spacial score (nSPS) is 10.7. The molecule has 0 N–H and O–H groups in total. The zero-order chi connectivity index (χ0) is 15.4. The lowest BCUT2D eigenvalue weighted by molar-refractivity contribution is 0.0920. The number of hydrogen-bond acceptors (Lipinski definition) is 2. The lowest BCUT2D eigenvalue weighted by atomic mass is 10.0. The summed E-state index contributed by atoms with van der Waals surface area (Å²) in [6, 6.07) is 11.6. The molecule has 2 aromatic rings. The van der Waals surface area contributed by atoms with Gasteiger partial charge in [0.25, 0.3) is 0 Å². The molecule has 0 amide bonds. The van der Waals surface area contributed by atoms with E-state index in [4.69, 9.17) is 4.74 Å². The van der Waals surface area contributed by atoms with Crippen LogP contribution in [0.5, 0.6) is 5.75 Å². The SMILES string of the molecule is CC(C)c1ccc(C(=O)COc2cc(F)ccc2Br)cc1. The highest BCUT2D eigenvalue weighted by atomic mass is 79.9. The largest absolute Gasteiger partial charge is 0.484 e. The monoisotopic (exact) mass is 350 g/mol. The standard InChI is InChI=1S/C17H16BrFO2/c1-11(2)12-3-5-13(6-4-12)16(20)10-21-17-9-14(19)7-8-15(17)18/h3-9,11H,10H2,1-2H3. The first-order valence-corrected chi connectivity index (χ1v) is 7.47. The van der Waals surface area contributed by atoms with Crippen molar-refractivity contribution in [2.75, 3.05) is 6.61 Å². The Labute approximate surface area is 132 Å². The number of benzene rings is 2. The number of ether oxygens (including phenoxy) is 1. The molecule has 0 spiro atoms. The molecule has 0 fully saturated rings. The molecule has 2 nitrogen and oxygen atoms in total. The van der Waals surface area contributed by atoms with Crippen LogP contribution in [0.15, 0.2) is 46.9 Å². The van der Waals surface area contributed by atoms with E-state index in [0.717, 1.165) is 0 Å². The summed E-state index contributed by atoms with van der Waals surface area (Å²) >= 11 is 3.26. The van der Waals surface area contributed by atoms with E-state index in [2.05, 4.69) is 29.8 Å². The maximum Gasteiger partial charge on any atom is 0.200 e. The van der Waals surface area contributed by atoms with Gasteiger partial charge in [-0.1, -0.05) is 38.1 Å². The topological polar surface area (TPSA) is 26.3 Å². The fraction of sp³-hybridized carbons (Fsp3) is 0.235. The molecule has 21 heavy (non-hydrogen) atoms. The third-order valence-corrected chi connectivity index (χ3v) is 3.81. The summed E-state index contributed by atoms with van der Waals surface area (Å²) in [5, 5.41) is 0. The van der Waals surface area contributed by atoms with Gasteiger partial charge < -0.3 is 4.74 Å². The number of ketones is 1. The number of Topliss-reactive ketones (excluding diaryl/α,β-unsaturated/α-hetero) is 1. The van der Waals surface area contributed by atoms with Gasteiger partial charge in [-0.15, -0.1) is 0 Å². The molecule has 110 valence electrons. The summed E-state index contributed by atoms with van der Waals surface area (Å²) in [5.74, 6) is 0.208. The Morgan fingerprint density at radius 2 is 1.86 bits per heavy atom. The molecular weight excluding hydrogens is 335 g/mol. The minimum Gasteiger partial charge on any atom is -0.484 e. The van der Waals surface area contributed by atoms with Crippen molar-refractivity contribution in [2.45, 2.75) is 19.8 Å². The molecule has 0 aliphatic rings. The first-order chi connectivity index (χ1) is 9.97. The second-order valence-electron chi connectivity index (χ2n) is 5.06. The molecule has 2 rings (SSSR count). The van der Waals surface area contributed by atoms with Crippen LogP contribution in [-0.4, -0.2) is 12.4 Å².